The van der Waals surface area contributed by atoms with Gasteiger partial charge in [-0.3, -0.25) is 4.79 Å². The lowest BCUT2D eigenvalue weighted by atomic mass is 9.80. The molecule has 2 rings (SSSR count). The summed E-state index contributed by atoms with van der Waals surface area (Å²) in [6.45, 7) is 2.15. The standard InChI is InChI=1S/C14H18O2/c1-2-3-5-10-8-9-11-12(14(10)16)6-4-7-13(11)15/h4,6-7,10,15H,2-3,5,8-9H2,1H3. The molecule has 0 spiro atoms. The number of rotatable bonds is 3. The SMILES string of the molecule is CCCCC1CCc2c(O)cccc2C1=O. The van der Waals surface area contributed by atoms with Gasteiger partial charge in [0.05, 0.1) is 0 Å². The number of Topliss-reactive ketones (excluding diaryl/α,β-unsaturated/α-hetero) is 1. The molecule has 2 nitrogen and oxygen atoms in total. The van der Waals surface area contributed by atoms with E-state index in [1.165, 1.54) is 0 Å². The Morgan fingerprint density at radius 2 is 2.25 bits per heavy atom. The predicted octanol–water partition coefficient (Wildman–Crippen LogP) is 3.33. The van der Waals surface area contributed by atoms with Gasteiger partial charge in [0.2, 0.25) is 0 Å². The summed E-state index contributed by atoms with van der Waals surface area (Å²) in [5.74, 6) is 0.680. The van der Waals surface area contributed by atoms with E-state index in [1.54, 1.807) is 12.1 Å². The van der Waals surface area contributed by atoms with Crippen LogP contribution in [0.2, 0.25) is 0 Å². The van der Waals surface area contributed by atoms with Crippen molar-refractivity contribution >= 4 is 5.78 Å². The van der Waals surface area contributed by atoms with E-state index in [0.29, 0.717) is 0 Å². The van der Waals surface area contributed by atoms with Crippen molar-refractivity contribution in [1.82, 2.24) is 0 Å². The van der Waals surface area contributed by atoms with Gasteiger partial charge in [0.1, 0.15) is 5.75 Å². The fourth-order valence-corrected chi connectivity index (χ4v) is 2.46. The van der Waals surface area contributed by atoms with E-state index in [2.05, 4.69) is 6.92 Å². The van der Waals surface area contributed by atoms with Gasteiger partial charge in [-0.2, -0.15) is 0 Å². The first-order valence-corrected chi connectivity index (χ1v) is 6.09. The average Bonchev–Trinajstić information content (AvgIpc) is 2.29. The number of fused-ring (bicyclic) bond motifs is 1. The van der Waals surface area contributed by atoms with Crippen LogP contribution in [0.15, 0.2) is 18.2 Å². The maximum absolute atomic E-state index is 12.2. The van der Waals surface area contributed by atoms with Gasteiger partial charge < -0.3 is 5.11 Å². The molecular weight excluding hydrogens is 200 g/mol. The first kappa shape index (κ1) is 11.2. The van der Waals surface area contributed by atoms with Crippen LogP contribution in [0.25, 0.3) is 0 Å². The molecule has 1 aromatic carbocycles. The molecule has 0 aliphatic heterocycles. The van der Waals surface area contributed by atoms with Gasteiger partial charge in [-0.1, -0.05) is 31.9 Å². The fourth-order valence-electron chi connectivity index (χ4n) is 2.46. The molecule has 2 heteroatoms. The molecule has 1 N–H and O–H groups in total. The minimum absolute atomic E-state index is 0.175. The highest BCUT2D eigenvalue weighted by Crippen LogP contribution is 2.33. The maximum atomic E-state index is 12.2. The molecule has 0 saturated heterocycles. The van der Waals surface area contributed by atoms with Gasteiger partial charge in [-0.15, -0.1) is 0 Å². The van der Waals surface area contributed by atoms with Crippen molar-refractivity contribution in [3.8, 4) is 5.75 Å². The van der Waals surface area contributed by atoms with Gasteiger partial charge in [-0.05, 0) is 25.3 Å². The molecule has 0 aromatic heterocycles. The molecule has 0 saturated carbocycles. The third kappa shape index (κ3) is 1.97. The van der Waals surface area contributed by atoms with Crippen LogP contribution in [-0.4, -0.2) is 10.9 Å². The number of phenols is 1. The molecule has 0 amide bonds. The Morgan fingerprint density at radius 3 is 3.00 bits per heavy atom. The number of benzene rings is 1. The van der Waals surface area contributed by atoms with Crippen LogP contribution in [0.1, 0.15) is 48.5 Å². The summed E-state index contributed by atoms with van der Waals surface area (Å²) in [6.07, 6.45) is 4.97. The highest BCUT2D eigenvalue weighted by molar-refractivity contribution is 6.00. The van der Waals surface area contributed by atoms with Crippen molar-refractivity contribution in [1.29, 1.82) is 0 Å². The van der Waals surface area contributed by atoms with E-state index in [-0.39, 0.29) is 17.5 Å². The van der Waals surface area contributed by atoms with Crippen molar-refractivity contribution in [3.05, 3.63) is 29.3 Å². The van der Waals surface area contributed by atoms with Crippen LogP contribution in [0.5, 0.6) is 5.75 Å². The van der Waals surface area contributed by atoms with Gasteiger partial charge in [0.15, 0.2) is 5.78 Å². The second-order valence-electron chi connectivity index (χ2n) is 4.55. The molecule has 0 heterocycles. The number of carbonyl (C=O) groups is 1. The third-order valence-corrected chi connectivity index (χ3v) is 3.44. The van der Waals surface area contributed by atoms with Crippen molar-refractivity contribution in [2.45, 2.75) is 39.0 Å². The lowest BCUT2D eigenvalue weighted by molar-refractivity contribution is 0.0892. The molecule has 0 radical (unpaired) electrons. The van der Waals surface area contributed by atoms with Crippen LogP contribution in [0, 0.1) is 5.92 Å². The molecule has 0 fully saturated rings. The van der Waals surface area contributed by atoms with E-state index < -0.39 is 0 Å². The predicted molar refractivity (Wildman–Crippen MR) is 63.8 cm³/mol. The summed E-state index contributed by atoms with van der Waals surface area (Å²) >= 11 is 0. The van der Waals surface area contributed by atoms with Crippen LogP contribution in [-0.2, 0) is 6.42 Å². The number of phenolic OH excluding ortho intramolecular Hbond substituents is 1. The summed E-state index contributed by atoms with van der Waals surface area (Å²) in [4.78, 5) is 12.2. The molecule has 16 heavy (non-hydrogen) atoms. The van der Waals surface area contributed by atoms with Gasteiger partial charge >= 0.3 is 0 Å². The Hall–Kier alpha value is -1.31. The zero-order chi connectivity index (χ0) is 11.5. The van der Waals surface area contributed by atoms with E-state index >= 15 is 0 Å². The fraction of sp³-hybridized carbons (Fsp3) is 0.500. The van der Waals surface area contributed by atoms with E-state index in [0.717, 1.165) is 43.2 Å². The first-order chi connectivity index (χ1) is 7.74. The Bertz CT molecular complexity index is 396. The largest absolute Gasteiger partial charge is 0.508 e. The van der Waals surface area contributed by atoms with Crippen LogP contribution < -0.4 is 0 Å². The highest BCUT2D eigenvalue weighted by atomic mass is 16.3. The molecule has 86 valence electrons. The summed E-state index contributed by atoms with van der Waals surface area (Å²) in [7, 11) is 0. The first-order valence-electron chi connectivity index (χ1n) is 6.09. The maximum Gasteiger partial charge on any atom is 0.166 e. The monoisotopic (exact) mass is 218 g/mol. The van der Waals surface area contributed by atoms with E-state index in [4.69, 9.17) is 0 Å². The highest BCUT2D eigenvalue weighted by Gasteiger charge is 2.27. The number of ketones is 1. The van der Waals surface area contributed by atoms with Crippen LogP contribution >= 0.6 is 0 Å². The molecule has 1 aliphatic carbocycles. The van der Waals surface area contributed by atoms with Crippen LogP contribution in [0.4, 0.5) is 0 Å². The quantitative estimate of drug-likeness (QED) is 0.845. The van der Waals surface area contributed by atoms with Gasteiger partial charge in [0, 0.05) is 17.0 Å². The summed E-state index contributed by atoms with van der Waals surface area (Å²) in [5.41, 5.74) is 1.59. The Morgan fingerprint density at radius 1 is 1.44 bits per heavy atom. The van der Waals surface area contributed by atoms with E-state index in [9.17, 15) is 9.90 Å². The lowest BCUT2D eigenvalue weighted by Gasteiger charge is -2.23. The molecular formula is C14H18O2. The third-order valence-electron chi connectivity index (χ3n) is 3.44. The smallest absolute Gasteiger partial charge is 0.166 e. The van der Waals surface area contributed by atoms with Gasteiger partial charge in [-0.25, -0.2) is 0 Å². The molecule has 1 atom stereocenters. The Balaban J connectivity index is 2.22. The minimum Gasteiger partial charge on any atom is -0.508 e. The second-order valence-corrected chi connectivity index (χ2v) is 4.55. The topological polar surface area (TPSA) is 37.3 Å². The molecule has 0 bridgehead atoms. The summed E-state index contributed by atoms with van der Waals surface area (Å²) < 4.78 is 0. The normalized spacial score (nSPS) is 19.6. The van der Waals surface area contributed by atoms with Crippen molar-refractivity contribution < 1.29 is 9.90 Å². The lowest BCUT2D eigenvalue weighted by Crippen LogP contribution is -2.22. The minimum atomic E-state index is 0.175. The number of unbranched alkanes of at least 4 members (excludes halogenated alkanes) is 1. The molecule has 1 aliphatic rings. The average molecular weight is 218 g/mol. The number of hydrogen-bond donors (Lipinski definition) is 1. The zero-order valence-electron chi connectivity index (χ0n) is 9.70. The number of aromatic hydroxyl groups is 1. The summed E-state index contributed by atoms with van der Waals surface area (Å²) in [5, 5.41) is 9.68. The molecule has 1 unspecified atom stereocenters. The summed E-state index contributed by atoms with van der Waals surface area (Å²) in [6, 6.07) is 5.27. The second kappa shape index (κ2) is 4.69. The van der Waals surface area contributed by atoms with E-state index in [1.807, 2.05) is 6.07 Å². The van der Waals surface area contributed by atoms with Crippen LogP contribution in [0.3, 0.4) is 0 Å². The Labute approximate surface area is 96.3 Å². The van der Waals surface area contributed by atoms with Crippen molar-refractivity contribution in [2.24, 2.45) is 5.92 Å². The molecule has 1 aromatic rings. The van der Waals surface area contributed by atoms with Crippen molar-refractivity contribution in [2.75, 3.05) is 0 Å². The zero-order valence-corrected chi connectivity index (χ0v) is 9.70. The van der Waals surface area contributed by atoms with Gasteiger partial charge in [0.25, 0.3) is 0 Å². The number of carbonyl (C=O) groups excluding carboxylic acids is 1. The Kier molecular flexibility index (Phi) is 3.28. The number of hydrogen-bond acceptors (Lipinski definition) is 2. The van der Waals surface area contributed by atoms with Crippen molar-refractivity contribution in [3.63, 3.8) is 0 Å².